The van der Waals surface area contributed by atoms with Crippen LogP contribution in [0.1, 0.15) is 13.3 Å². The second-order valence-corrected chi connectivity index (χ2v) is 3.98. The lowest BCUT2D eigenvalue weighted by molar-refractivity contribution is -0.213. The Morgan fingerprint density at radius 2 is 1.53 bits per heavy atom. The van der Waals surface area contributed by atoms with E-state index in [0.717, 1.165) is 6.92 Å². The van der Waals surface area contributed by atoms with Crippen LogP contribution in [0.15, 0.2) is 0 Å². The van der Waals surface area contributed by atoms with Crippen LogP contribution < -0.4 is 0 Å². The molecule has 0 amide bonds. The average molecular weight is 282 g/mol. The Morgan fingerprint density at radius 1 is 1.00 bits per heavy atom. The molecule has 0 saturated carbocycles. The monoisotopic (exact) mass is 282 g/mol. The number of hydrogen-bond donors (Lipinski definition) is 6. The number of hydrogen-bond acceptors (Lipinski definition) is 9. The van der Waals surface area contributed by atoms with E-state index in [0.29, 0.717) is 0 Å². The number of rotatable bonds is 8. The first-order chi connectivity index (χ1) is 8.70. The third-order valence-electron chi connectivity index (χ3n) is 2.22. The van der Waals surface area contributed by atoms with Crippen molar-refractivity contribution in [2.75, 3.05) is 6.61 Å². The van der Waals surface area contributed by atoms with Gasteiger partial charge in [0.2, 0.25) is 6.29 Å². The number of ketones is 1. The largest absolute Gasteiger partial charge is 0.433 e. The fraction of sp³-hybridized carbons (Fsp3) is 0.800. The van der Waals surface area contributed by atoms with Crippen molar-refractivity contribution in [3.05, 3.63) is 0 Å². The fourth-order valence-corrected chi connectivity index (χ4v) is 1.16. The van der Waals surface area contributed by atoms with Crippen LogP contribution in [0.5, 0.6) is 0 Å². The Hall–Kier alpha value is -1.10. The highest BCUT2D eigenvalue weighted by molar-refractivity contribution is 5.94. The third kappa shape index (κ3) is 6.05. The van der Waals surface area contributed by atoms with Crippen LogP contribution in [-0.4, -0.2) is 79.7 Å². The normalized spacial score (nSPS) is 19.1. The molecule has 1 unspecified atom stereocenters. The van der Waals surface area contributed by atoms with E-state index in [-0.39, 0.29) is 0 Å². The fourth-order valence-electron chi connectivity index (χ4n) is 1.16. The molecule has 9 nitrogen and oxygen atoms in total. The van der Waals surface area contributed by atoms with E-state index in [4.69, 9.17) is 10.2 Å². The lowest BCUT2D eigenvalue weighted by Crippen LogP contribution is -2.51. The van der Waals surface area contributed by atoms with E-state index in [9.17, 15) is 30.0 Å². The summed E-state index contributed by atoms with van der Waals surface area (Å²) in [6.07, 6.45) is -10.7. The number of aliphatic hydroxyl groups excluding tert-OH is 6. The highest BCUT2D eigenvalue weighted by atomic mass is 16.6. The van der Waals surface area contributed by atoms with E-state index in [1.807, 2.05) is 0 Å². The van der Waals surface area contributed by atoms with E-state index in [1.54, 1.807) is 0 Å². The predicted octanol–water partition coefficient (Wildman–Crippen LogP) is -3.74. The number of esters is 1. The summed E-state index contributed by atoms with van der Waals surface area (Å²) >= 11 is 0. The second kappa shape index (κ2) is 8.15. The van der Waals surface area contributed by atoms with Gasteiger partial charge in [-0.05, 0) is 6.92 Å². The molecule has 112 valence electrons. The lowest BCUT2D eigenvalue weighted by Gasteiger charge is -2.27. The first kappa shape index (κ1) is 17.9. The van der Waals surface area contributed by atoms with Gasteiger partial charge in [-0.25, -0.2) is 0 Å². The minimum Gasteiger partial charge on any atom is -0.433 e. The van der Waals surface area contributed by atoms with Crippen molar-refractivity contribution >= 4 is 11.8 Å². The number of aliphatic hydroxyl groups is 6. The zero-order valence-electron chi connectivity index (χ0n) is 10.2. The number of Topliss-reactive ketones (excluding diaryl/α,β-unsaturated/α-hetero) is 1. The first-order valence-corrected chi connectivity index (χ1v) is 5.40. The van der Waals surface area contributed by atoms with Crippen molar-refractivity contribution in [3.63, 3.8) is 0 Å². The Labute approximate surface area is 108 Å². The van der Waals surface area contributed by atoms with Crippen molar-refractivity contribution in [1.82, 2.24) is 0 Å². The van der Waals surface area contributed by atoms with Crippen molar-refractivity contribution in [1.29, 1.82) is 0 Å². The number of carbonyl (C=O) groups is 2. The molecular formula is C10H18O9. The van der Waals surface area contributed by atoms with Crippen molar-refractivity contribution in [3.8, 4) is 0 Å². The van der Waals surface area contributed by atoms with Crippen LogP contribution in [0.4, 0.5) is 0 Å². The van der Waals surface area contributed by atoms with Crippen molar-refractivity contribution in [2.45, 2.75) is 44.1 Å². The molecule has 0 fully saturated rings. The molecule has 0 aliphatic carbocycles. The Kier molecular flexibility index (Phi) is 7.68. The maximum atomic E-state index is 11.0. The summed E-state index contributed by atoms with van der Waals surface area (Å²) in [6, 6.07) is 0. The summed E-state index contributed by atoms with van der Waals surface area (Å²) < 4.78 is 4.24. The smallest absolute Gasteiger partial charge is 0.315 e. The molecule has 0 aliphatic rings. The van der Waals surface area contributed by atoms with Gasteiger partial charge in [0.25, 0.3) is 0 Å². The molecule has 0 spiro atoms. The van der Waals surface area contributed by atoms with E-state index < -0.39 is 55.5 Å². The molecule has 5 atom stereocenters. The van der Waals surface area contributed by atoms with Gasteiger partial charge in [-0.1, -0.05) is 0 Å². The molecule has 6 N–H and O–H groups in total. The molecular weight excluding hydrogens is 264 g/mol. The summed E-state index contributed by atoms with van der Waals surface area (Å²) in [6.45, 7) is 0.228. The summed E-state index contributed by atoms with van der Waals surface area (Å²) in [5, 5.41) is 54.8. The van der Waals surface area contributed by atoms with Crippen molar-refractivity contribution in [2.24, 2.45) is 0 Å². The van der Waals surface area contributed by atoms with Gasteiger partial charge >= 0.3 is 5.97 Å². The SMILES string of the molecule is CC(=O)CC(=O)OC(O)[C@H](O)[C@@H](O)[C@H](O)[C@H](O)CO. The molecule has 19 heavy (non-hydrogen) atoms. The van der Waals surface area contributed by atoms with Gasteiger partial charge in [-0.3, -0.25) is 9.59 Å². The van der Waals surface area contributed by atoms with E-state index >= 15 is 0 Å². The van der Waals surface area contributed by atoms with Crippen LogP contribution in [0.25, 0.3) is 0 Å². The molecule has 0 aromatic rings. The summed E-state index contributed by atoms with van der Waals surface area (Å²) in [4.78, 5) is 21.6. The maximum Gasteiger partial charge on any atom is 0.315 e. The van der Waals surface area contributed by atoms with Crippen molar-refractivity contribution < 1.29 is 45.0 Å². The molecule has 9 heteroatoms. The zero-order valence-corrected chi connectivity index (χ0v) is 10.2. The van der Waals surface area contributed by atoms with E-state index in [1.165, 1.54) is 0 Å². The predicted molar refractivity (Wildman–Crippen MR) is 58.5 cm³/mol. The number of ether oxygens (including phenoxy) is 1. The highest BCUT2D eigenvalue weighted by Gasteiger charge is 2.35. The van der Waals surface area contributed by atoms with Gasteiger partial charge in [0.15, 0.2) is 0 Å². The van der Waals surface area contributed by atoms with Crippen LogP contribution in [-0.2, 0) is 14.3 Å². The van der Waals surface area contributed by atoms with Gasteiger partial charge in [0, 0.05) is 0 Å². The molecule has 0 saturated heterocycles. The molecule has 0 aromatic carbocycles. The van der Waals surface area contributed by atoms with Crippen LogP contribution in [0, 0.1) is 0 Å². The molecule has 0 heterocycles. The van der Waals surface area contributed by atoms with E-state index in [2.05, 4.69) is 4.74 Å². The second-order valence-electron chi connectivity index (χ2n) is 3.98. The van der Waals surface area contributed by atoms with Gasteiger partial charge in [0.05, 0.1) is 6.61 Å². The third-order valence-corrected chi connectivity index (χ3v) is 2.22. The van der Waals surface area contributed by atoms with Crippen LogP contribution in [0.3, 0.4) is 0 Å². The summed E-state index contributed by atoms with van der Waals surface area (Å²) in [5.74, 6) is -1.65. The van der Waals surface area contributed by atoms with Gasteiger partial charge in [-0.15, -0.1) is 0 Å². The Bertz CT molecular complexity index is 305. The maximum absolute atomic E-state index is 11.0. The van der Waals surface area contributed by atoms with Gasteiger partial charge < -0.3 is 35.4 Å². The highest BCUT2D eigenvalue weighted by Crippen LogP contribution is 2.10. The zero-order chi connectivity index (χ0) is 15.2. The summed E-state index contributed by atoms with van der Waals surface area (Å²) in [5.41, 5.74) is 0. The van der Waals surface area contributed by atoms with Crippen LogP contribution in [0.2, 0.25) is 0 Å². The van der Waals surface area contributed by atoms with Gasteiger partial charge in [0.1, 0.15) is 36.6 Å². The minimum atomic E-state index is -2.19. The Balaban J connectivity index is 4.42. The average Bonchev–Trinajstić information content (AvgIpc) is 2.33. The van der Waals surface area contributed by atoms with Crippen LogP contribution >= 0.6 is 0 Å². The lowest BCUT2D eigenvalue weighted by atomic mass is 10.0. The molecule has 0 rings (SSSR count). The molecule has 0 radical (unpaired) electrons. The Morgan fingerprint density at radius 3 is 1.95 bits per heavy atom. The standard InChI is InChI=1S/C10H18O9/c1-4(12)2-6(14)19-10(18)9(17)8(16)7(15)5(13)3-11/h5,7-11,13,15-18H,2-3H2,1H3/t5-,7-,8+,9-,10?/m1/s1. The number of carbonyl (C=O) groups excluding carboxylic acids is 2. The topological polar surface area (TPSA) is 165 Å². The first-order valence-electron chi connectivity index (χ1n) is 5.40. The minimum absolute atomic E-state index is 0.525. The van der Waals surface area contributed by atoms with Gasteiger partial charge in [-0.2, -0.15) is 0 Å². The molecule has 0 bridgehead atoms. The molecule has 0 aliphatic heterocycles. The quantitative estimate of drug-likeness (QED) is 0.149. The molecule has 0 aromatic heterocycles. The summed E-state index contributed by atoms with van der Waals surface area (Å²) in [7, 11) is 0.